The molecule has 1 aromatic carbocycles. The van der Waals surface area contributed by atoms with Crippen molar-refractivity contribution < 1.29 is 27.2 Å². The topological polar surface area (TPSA) is 124 Å². The average molecular weight is 432 g/mol. The maximum atomic E-state index is 12.5. The van der Waals surface area contributed by atoms with Crippen molar-refractivity contribution in [3.8, 4) is 5.75 Å². The zero-order chi connectivity index (χ0) is 21.3. The molecule has 0 bridgehead atoms. The van der Waals surface area contributed by atoms with Gasteiger partial charge in [-0.1, -0.05) is 17.3 Å². The summed E-state index contributed by atoms with van der Waals surface area (Å²) in [6.45, 7) is 1.25. The number of esters is 1. The van der Waals surface area contributed by atoms with E-state index >= 15 is 0 Å². The van der Waals surface area contributed by atoms with Gasteiger partial charge in [0.15, 0.2) is 12.4 Å². The van der Waals surface area contributed by atoms with Crippen LogP contribution in [0.3, 0.4) is 0 Å². The van der Waals surface area contributed by atoms with Crippen molar-refractivity contribution in [2.24, 2.45) is 4.40 Å². The fraction of sp³-hybridized carbons (Fsp3) is 0.368. The lowest BCUT2D eigenvalue weighted by atomic mass is 10.2. The van der Waals surface area contributed by atoms with Crippen LogP contribution in [0.5, 0.6) is 5.75 Å². The second-order valence-corrected chi connectivity index (χ2v) is 8.53. The van der Waals surface area contributed by atoms with E-state index in [-0.39, 0.29) is 30.3 Å². The molecule has 1 aliphatic heterocycles. The van der Waals surface area contributed by atoms with Crippen molar-refractivity contribution in [3.63, 3.8) is 0 Å². The second-order valence-electron chi connectivity index (χ2n) is 6.99. The molecule has 1 fully saturated rings. The minimum absolute atomic E-state index is 0.00823. The van der Waals surface area contributed by atoms with Gasteiger partial charge in [-0.25, -0.2) is 4.79 Å². The monoisotopic (exact) mass is 432 g/mol. The van der Waals surface area contributed by atoms with E-state index in [2.05, 4.69) is 14.5 Å². The van der Waals surface area contributed by atoms with Crippen LogP contribution in [-0.4, -0.2) is 41.7 Å². The Balaban J connectivity index is 1.46. The molecule has 2 aromatic rings. The van der Waals surface area contributed by atoms with Crippen molar-refractivity contribution in [3.05, 3.63) is 53.3 Å². The third-order valence-electron chi connectivity index (χ3n) is 4.68. The molecule has 0 amide bonds. The molecule has 0 radical (unpaired) electrons. The van der Waals surface area contributed by atoms with Crippen molar-refractivity contribution in [1.29, 1.82) is 0 Å². The Hall–Kier alpha value is -3.21. The van der Waals surface area contributed by atoms with Gasteiger partial charge in [0.1, 0.15) is 5.75 Å². The fourth-order valence-corrected chi connectivity index (χ4v) is 3.96. The highest BCUT2D eigenvalue weighted by molar-refractivity contribution is 7.88. The van der Waals surface area contributed by atoms with Gasteiger partial charge in [0.2, 0.25) is 0 Å². The number of hydrogen-bond acceptors (Lipinski definition) is 8. The first kappa shape index (κ1) is 20.1. The standard InChI is InChI=1S/C19H20N4O6S/c1-12-16(19(24)28-11-17-20-18(21-29-17)14-5-6-14)10-23(30(25,26)22-12)9-13-3-7-15(27-2)8-4-13/h3-4,7-8,10,14H,5-6,9,11H2,1-2H3. The number of benzene rings is 1. The van der Waals surface area contributed by atoms with E-state index in [4.69, 9.17) is 14.0 Å². The van der Waals surface area contributed by atoms with Crippen molar-refractivity contribution in [2.45, 2.75) is 38.8 Å². The van der Waals surface area contributed by atoms with E-state index in [1.54, 1.807) is 31.4 Å². The summed E-state index contributed by atoms with van der Waals surface area (Å²) in [5.41, 5.74) is 0.798. The van der Waals surface area contributed by atoms with Gasteiger partial charge in [-0.2, -0.15) is 13.4 Å². The minimum Gasteiger partial charge on any atom is -0.497 e. The molecule has 158 valence electrons. The number of nitrogens with zero attached hydrogens (tertiary/aromatic N) is 4. The molecule has 4 rings (SSSR count). The van der Waals surface area contributed by atoms with Crippen LogP contribution in [0.15, 0.2) is 45.0 Å². The molecule has 1 saturated carbocycles. The van der Waals surface area contributed by atoms with Gasteiger partial charge in [0.25, 0.3) is 5.89 Å². The number of methoxy groups -OCH3 is 1. The Morgan fingerprint density at radius 1 is 1.27 bits per heavy atom. The first-order valence-electron chi connectivity index (χ1n) is 9.29. The van der Waals surface area contributed by atoms with Crippen molar-refractivity contribution in [2.75, 3.05) is 7.11 Å². The smallest absolute Gasteiger partial charge is 0.344 e. The van der Waals surface area contributed by atoms with Gasteiger partial charge in [-0.3, -0.25) is 4.31 Å². The normalized spacial score (nSPS) is 17.9. The molecule has 0 N–H and O–H groups in total. The highest BCUT2D eigenvalue weighted by atomic mass is 32.2. The third kappa shape index (κ3) is 4.35. The Morgan fingerprint density at radius 2 is 2.00 bits per heavy atom. The fourth-order valence-electron chi connectivity index (χ4n) is 2.86. The molecule has 2 heterocycles. The predicted molar refractivity (Wildman–Crippen MR) is 105 cm³/mol. The van der Waals surface area contributed by atoms with E-state index in [0.717, 1.165) is 17.1 Å². The largest absolute Gasteiger partial charge is 0.497 e. The minimum atomic E-state index is -3.95. The number of carbonyl (C=O) groups is 1. The Kier molecular flexibility index (Phi) is 5.29. The first-order chi connectivity index (χ1) is 14.4. The molecule has 0 spiro atoms. The van der Waals surface area contributed by atoms with E-state index < -0.39 is 16.2 Å². The maximum absolute atomic E-state index is 12.5. The van der Waals surface area contributed by atoms with Crippen LogP contribution in [0.4, 0.5) is 0 Å². The zero-order valence-corrected chi connectivity index (χ0v) is 17.3. The summed E-state index contributed by atoms with van der Waals surface area (Å²) in [6, 6.07) is 6.91. The van der Waals surface area contributed by atoms with Gasteiger partial charge in [0.05, 0.1) is 24.9 Å². The highest BCUT2D eigenvalue weighted by Crippen LogP contribution is 2.38. The number of hydrogen-bond donors (Lipinski definition) is 0. The molecule has 0 saturated heterocycles. The quantitative estimate of drug-likeness (QED) is 0.609. The number of aromatic nitrogens is 2. The van der Waals surface area contributed by atoms with Crippen LogP contribution in [0.2, 0.25) is 0 Å². The SMILES string of the molecule is COc1ccc(CN2C=C(C(=O)OCc3nc(C4CC4)no3)C(C)=NS2(=O)=O)cc1. The van der Waals surface area contributed by atoms with Gasteiger partial charge < -0.3 is 14.0 Å². The molecule has 1 aliphatic carbocycles. The van der Waals surface area contributed by atoms with Crippen molar-refractivity contribution >= 4 is 21.9 Å². The molecule has 0 atom stereocenters. The molecular formula is C19H20N4O6S. The van der Waals surface area contributed by atoms with E-state index in [1.165, 1.54) is 13.1 Å². The predicted octanol–water partition coefficient (Wildman–Crippen LogP) is 2.10. The third-order valence-corrected chi connectivity index (χ3v) is 6.01. The van der Waals surface area contributed by atoms with Gasteiger partial charge in [-0.05, 0) is 37.5 Å². The van der Waals surface area contributed by atoms with Gasteiger partial charge in [0, 0.05) is 12.1 Å². The molecular weight excluding hydrogens is 412 g/mol. The Morgan fingerprint density at radius 3 is 2.67 bits per heavy atom. The summed E-state index contributed by atoms with van der Waals surface area (Å²) >= 11 is 0. The summed E-state index contributed by atoms with van der Waals surface area (Å²) in [5, 5.41) is 3.86. The molecule has 1 aromatic heterocycles. The first-order valence-corrected chi connectivity index (χ1v) is 10.7. The second kappa shape index (κ2) is 7.90. The van der Waals surface area contributed by atoms with E-state index in [0.29, 0.717) is 23.1 Å². The maximum Gasteiger partial charge on any atom is 0.344 e. The summed E-state index contributed by atoms with van der Waals surface area (Å²) in [4.78, 5) is 16.7. The highest BCUT2D eigenvalue weighted by Gasteiger charge is 2.31. The van der Waals surface area contributed by atoms with Crippen LogP contribution >= 0.6 is 0 Å². The van der Waals surface area contributed by atoms with E-state index in [9.17, 15) is 13.2 Å². The number of carbonyl (C=O) groups excluding carboxylic acids is 1. The number of ether oxygens (including phenoxy) is 2. The molecule has 10 nitrogen and oxygen atoms in total. The van der Waals surface area contributed by atoms with Crippen LogP contribution in [0.25, 0.3) is 0 Å². The summed E-state index contributed by atoms with van der Waals surface area (Å²) in [5.74, 6) is 1.06. The van der Waals surface area contributed by atoms with Gasteiger partial charge in [-0.15, -0.1) is 4.40 Å². The summed E-state index contributed by atoms with van der Waals surface area (Å²) < 4.78 is 44.9. The lowest BCUT2D eigenvalue weighted by Gasteiger charge is -2.23. The lowest BCUT2D eigenvalue weighted by molar-refractivity contribution is -0.140. The van der Waals surface area contributed by atoms with E-state index in [1.807, 2.05) is 0 Å². The summed E-state index contributed by atoms with van der Waals surface area (Å²) in [6.07, 6.45) is 3.29. The Bertz CT molecular complexity index is 1120. The van der Waals surface area contributed by atoms with Crippen molar-refractivity contribution in [1.82, 2.24) is 14.4 Å². The van der Waals surface area contributed by atoms with Crippen LogP contribution in [0.1, 0.15) is 43.0 Å². The lowest BCUT2D eigenvalue weighted by Crippen LogP contribution is -2.31. The molecule has 11 heteroatoms. The molecule has 30 heavy (non-hydrogen) atoms. The molecule has 2 aliphatic rings. The summed E-state index contributed by atoms with van der Waals surface area (Å²) in [7, 11) is -2.41. The van der Waals surface area contributed by atoms with Crippen LogP contribution < -0.4 is 4.74 Å². The average Bonchev–Trinajstić information content (AvgIpc) is 3.46. The van der Waals surface area contributed by atoms with Crippen LogP contribution in [0, 0.1) is 0 Å². The van der Waals surface area contributed by atoms with Gasteiger partial charge >= 0.3 is 16.2 Å². The number of rotatable bonds is 7. The Labute approximate surface area is 173 Å². The van der Waals surface area contributed by atoms with Crippen LogP contribution in [-0.2, 0) is 32.9 Å². The molecule has 0 unspecified atom stereocenters. The zero-order valence-electron chi connectivity index (χ0n) is 16.4.